The maximum Gasteiger partial charge on any atom is 0.306 e. The molecule has 11 atom stereocenters. The molecule has 0 aromatic carbocycles. The van der Waals surface area contributed by atoms with E-state index < -0.39 is 18.0 Å². The topological polar surface area (TPSA) is 94.6 Å². The Morgan fingerprint density at radius 1 is 1.03 bits per heavy atom. The van der Waals surface area contributed by atoms with E-state index in [1.165, 1.54) is 12.5 Å². The Kier molecular flexibility index (Phi) is 6.07. The number of allylic oxidation sites excluding steroid dienone is 1. The van der Waals surface area contributed by atoms with Crippen molar-refractivity contribution in [3.05, 3.63) is 11.6 Å². The van der Waals surface area contributed by atoms with Crippen molar-refractivity contribution in [1.29, 1.82) is 0 Å². The van der Waals surface area contributed by atoms with Gasteiger partial charge >= 0.3 is 11.9 Å². The van der Waals surface area contributed by atoms with Gasteiger partial charge in [-0.1, -0.05) is 32.4 Å². The van der Waals surface area contributed by atoms with E-state index in [0.29, 0.717) is 12.8 Å². The zero-order chi connectivity index (χ0) is 28.3. The molecule has 3 heterocycles. The third kappa shape index (κ3) is 3.92. The maximum atomic E-state index is 12.6. The molecular formula is C32H48O7. The van der Waals surface area contributed by atoms with E-state index in [0.717, 1.165) is 32.1 Å². The maximum absolute atomic E-state index is 12.6. The number of carbonyl (C=O) groups is 2. The molecule has 0 unspecified atom stereocenters. The summed E-state index contributed by atoms with van der Waals surface area (Å²) in [5, 5.41) is 12.0. The normalized spacial score (nSPS) is 51.5. The highest BCUT2D eigenvalue weighted by Crippen LogP contribution is 2.72. The second-order valence-electron chi connectivity index (χ2n) is 15.3. The van der Waals surface area contributed by atoms with Crippen LogP contribution in [0.4, 0.5) is 0 Å². The van der Waals surface area contributed by atoms with Crippen molar-refractivity contribution >= 4 is 11.9 Å². The first-order valence-electron chi connectivity index (χ1n) is 15.2. The van der Waals surface area contributed by atoms with Crippen LogP contribution in [0.2, 0.25) is 0 Å². The highest BCUT2D eigenvalue weighted by Gasteiger charge is 2.69. The second kappa shape index (κ2) is 8.54. The van der Waals surface area contributed by atoms with Gasteiger partial charge in [0.25, 0.3) is 0 Å². The monoisotopic (exact) mass is 544 g/mol. The van der Waals surface area contributed by atoms with Gasteiger partial charge in [-0.25, -0.2) is 0 Å². The van der Waals surface area contributed by atoms with E-state index in [9.17, 15) is 14.7 Å². The Morgan fingerprint density at radius 2 is 1.72 bits per heavy atom. The quantitative estimate of drug-likeness (QED) is 0.292. The molecule has 0 amide bonds. The van der Waals surface area contributed by atoms with Gasteiger partial charge in [0.15, 0.2) is 0 Å². The first kappa shape index (κ1) is 27.7. The molecule has 218 valence electrons. The average Bonchev–Trinajstić information content (AvgIpc) is 3.13. The first-order chi connectivity index (χ1) is 18.0. The molecule has 0 bridgehead atoms. The summed E-state index contributed by atoms with van der Waals surface area (Å²) < 4.78 is 24.1. The Balaban J connectivity index is 1.32. The molecule has 39 heavy (non-hydrogen) atoms. The van der Waals surface area contributed by atoms with Gasteiger partial charge in [-0.2, -0.15) is 0 Å². The van der Waals surface area contributed by atoms with Crippen molar-refractivity contribution in [2.45, 2.75) is 136 Å². The summed E-state index contributed by atoms with van der Waals surface area (Å²) in [7, 11) is 0. The van der Waals surface area contributed by atoms with Crippen LogP contribution in [0.3, 0.4) is 0 Å². The Labute approximate surface area is 233 Å². The number of ether oxygens (including phenoxy) is 4. The summed E-state index contributed by atoms with van der Waals surface area (Å²) in [5.74, 6) is 0.249. The molecule has 0 aromatic rings. The highest BCUT2D eigenvalue weighted by molar-refractivity contribution is 5.70. The highest BCUT2D eigenvalue weighted by atomic mass is 16.7. The molecule has 5 fully saturated rings. The average molecular weight is 545 g/mol. The van der Waals surface area contributed by atoms with Crippen molar-refractivity contribution < 1.29 is 33.6 Å². The van der Waals surface area contributed by atoms with Gasteiger partial charge in [0, 0.05) is 30.6 Å². The van der Waals surface area contributed by atoms with Crippen LogP contribution in [-0.2, 0) is 28.5 Å². The van der Waals surface area contributed by atoms with Crippen LogP contribution in [0.25, 0.3) is 0 Å². The largest absolute Gasteiger partial charge is 0.459 e. The molecule has 2 saturated carbocycles. The van der Waals surface area contributed by atoms with E-state index in [2.05, 4.69) is 40.7 Å². The summed E-state index contributed by atoms with van der Waals surface area (Å²) in [4.78, 5) is 24.7. The lowest BCUT2D eigenvalue weighted by Gasteiger charge is -2.65. The molecule has 6 aliphatic rings. The standard InChI is InChI=1S/C32H48O7/c1-17(33)36-27-18(15-20(37-27)26-29(4,5)39-26)19-9-10-21-30(19,6)13-11-22-31(7)14-12-25(35)38-28(2,3)23(31)16-24(34)32(21,22)8/h10,18-20,22-24,26-27,34H,9,11-16H2,1-8H3/t18-,19-,20+,22+,23-,24+,26-,27+,30-,31+,32-/m0/s1. The molecular weight excluding hydrogens is 496 g/mol. The van der Waals surface area contributed by atoms with Crippen molar-refractivity contribution in [1.82, 2.24) is 0 Å². The summed E-state index contributed by atoms with van der Waals surface area (Å²) >= 11 is 0. The molecule has 3 aliphatic carbocycles. The number of aliphatic hydroxyl groups excluding tert-OH is 1. The van der Waals surface area contributed by atoms with Crippen LogP contribution in [0.1, 0.15) is 100 Å². The van der Waals surface area contributed by atoms with Crippen LogP contribution >= 0.6 is 0 Å². The third-order valence-corrected chi connectivity index (χ3v) is 12.5. The first-order valence-corrected chi connectivity index (χ1v) is 15.2. The minimum atomic E-state index is -0.607. The minimum Gasteiger partial charge on any atom is -0.459 e. The number of aliphatic hydroxyl groups is 1. The lowest BCUT2D eigenvalue weighted by molar-refractivity contribution is -0.198. The third-order valence-electron chi connectivity index (χ3n) is 12.5. The van der Waals surface area contributed by atoms with Crippen LogP contribution in [0.15, 0.2) is 11.6 Å². The smallest absolute Gasteiger partial charge is 0.306 e. The fourth-order valence-corrected chi connectivity index (χ4v) is 10.6. The molecule has 3 saturated heterocycles. The van der Waals surface area contributed by atoms with Crippen molar-refractivity contribution in [2.75, 3.05) is 0 Å². The number of esters is 2. The van der Waals surface area contributed by atoms with Crippen LogP contribution in [0.5, 0.6) is 0 Å². The van der Waals surface area contributed by atoms with Crippen LogP contribution < -0.4 is 0 Å². The van der Waals surface area contributed by atoms with E-state index in [4.69, 9.17) is 18.9 Å². The van der Waals surface area contributed by atoms with Crippen molar-refractivity contribution in [2.24, 2.45) is 39.9 Å². The zero-order valence-corrected chi connectivity index (χ0v) is 25.0. The molecule has 7 nitrogen and oxygen atoms in total. The Morgan fingerprint density at radius 3 is 2.36 bits per heavy atom. The summed E-state index contributed by atoms with van der Waals surface area (Å²) in [6.07, 6.45) is 6.81. The van der Waals surface area contributed by atoms with E-state index >= 15 is 0 Å². The van der Waals surface area contributed by atoms with Gasteiger partial charge < -0.3 is 24.1 Å². The van der Waals surface area contributed by atoms with Gasteiger partial charge in [0.2, 0.25) is 6.29 Å². The van der Waals surface area contributed by atoms with Crippen LogP contribution in [0, 0.1) is 39.9 Å². The molecule has 0 aromatic heterocycles. The molecule has 0 spiro atoms. The molecule has 0 radical (unpaired) electrons. The number of cyclic esters (lactones) is 1. The predicted octanol–water partition coefficient (Wildman–Crippen LogP) is 5.33. The van der Waals surface area contributed by atoms with Crippen molar-refractivity contribution in [3.8, 4) is 0 Å². The fourth-order valence-electron chi connectivity index (χ4n) is 10.6. The number of fused-ring (bicyclic) bond motifs is 5. The number of epoxide rings is 1. The lowest BCUT2D eigenvalue weighted by Crippen LogP contribution is -2.63. The molecule has 6 rings (SSSR count). The summed E-state index contributed by atoms with van der Waals surface area (Å²) in [5.41, 5.74) is -0.0577. The van der Waals surface area contributed by atoms with Gasteiger partial charge in [0.1, 0.15) is 11.7 Å². The van der Waals surface area contributed by atoms with E-state index in [-0.39, 0.29) is 69.7 Å². The summed E-state index contributed by atoms with van der Waals surface area (Å²) in [6.45, 7) is 16.7. The van der Waals surface area contributed by atoms with E-state index in [1.54, 1.807) is 0 Å². The molecule has 1 N–H and O–H groups in total. The number of hydrogen-bond donors (Lipinski definition) is 1. The summed E-state index contributed by atoms with van der Waals surface area (Å²) in [6, 6.07) is 0. The number of rotatable bonds is 3. The number of hydrogen-bond acceptors (Lipinski definition) is 7. The second-order valence-corrected chi connectivity index (χ2v) is 15.3. The van der Waals surface area contributed by atoms with Gasteiger partial charge in [-0.05, 0) is 88.9 Å². The van der Waals surface area contributed by atoms with Crippen LogP contribution in [-0.4, -0.2) is 52.8 Å². The zero-order valence-electron chi connectivity index (χ0n) is 25.0. The Bertz CT molecular complexity index is 1090. The predicted molar refractivity (Wildman–Crippen MR) is 144 cm³/mol. The van der Waals surface area contributed by atoms with Crippen molar-refractivity contribution in [3.63, 3.8) is 0 Å². The Hall–Kier alpha value is -1.44. The van der Waals surface area contributed by atoms with Gasteiger partial charge in [0.05, 0.1) is 17.8 Å². The van der Waals surface area contributed by atoms with Gasteiger partial charge in [-0.3, -0.25) is 9.59 Å². The SMILES string of the molecule is CC(=O)O[C@@H]1O[C@@H]([C@@H]2OC2(C)C)C[C@H]1[C@@H]1CC=C2[C@]3(C)[C@H](O)C[C@H]4C(C)(C)OC(=O)CC[C@]4(C)[C@H]3CC[C@]21C. The fraction of sp³-hybridized carbons (Fsp3) is 0.875. The lowest BCUT2D eigenvalue weighted by atomic mass is 9.40. The number of carbonyl (C=O) groups excluding carboxylic acids is 2. The van der Waals surface area contributed by atoms with Gasteiger partial charge in [-0.15, -0.1) is 0 Å². The van der Waals surface area contributed by atoms with E-state index in [1.807, 2.05) is 13.8 Å². The molecule has 7 heteroatoms. The minimum absolute atomic E-state index is 0.0241. The molecule has 3 aliphatic heterocycles.